The lowest BCUT2D eigenvalue weighted by Crippen LogP contribution is -2.33. The molecule has 0 bridgehead atoms. The van der Waals surface area contributed by atoms with Crippen LogP contribution in [0.3, 0.4) is 0 Å². The Morgan fingerprint density at radius 3 is 2.74 bits per heavy atom. The molecule has 0 saturated heterocycles. The molecule has 0 aliphatic carbocycles. The lowest BCUT2D eigenvalue weighted by molar-refractivity contribution is -0.137. The van der Waals surface area contributed by atoms with Crippen LogP contribution in [0.4, 0.5) is 30.4 Å². The standard InChI is InChI=1S/C22H20F3N9O/c1-13-5-6-16(32-21(35)14-3-2-4-15(9-14)22(23,24)25)10-17(13)33-34-31-8-7-26-19-18-20(28-11-27-18)30-12-29-19/h2-12,31,33-34H,1H3,(H,32,35)(H2,26,27,28,29,30)/b8-7-. The maximum Gasteiger partial charge on any atom is 0.416 e. The van der Waals surface area contributed by atoms with Crippen LogP contribution in [0.5, 0.6) is 0 Å². The van der Waals surface area contributed by atoms with Gasteiger partial charge in [-0.2, -0.15) is 18.7 Å². The molecule has 4 aromatic rings. The van der Waals surface area contributed by atoms with Crippen molar-refractivity contribution < 1.29 is 18.0 Å². The van der Waals surface area contributed by atoms with Crippen molar-refractivity contribution in [1.82, 2.24) is 30.9 Å². The third-order valence-electron chi connectivity index (χ3n) is 4.83. The molecule has 13 heteroatoms. The zero-order valence-corrected chi connectivity index (χ0v) is 18.2. The number of alkyl halides is 3. The number of fused-ring (bicyclic) bond motifs is 1. The molecule has 4 rings (SSSR count). The van der Waals surface area contributed by atoms with Gasteiger partial charge >= 0.3 is 6.18 Å². The first-order valence-electron chi connectivity index (χ1n) is 10.2. The molecule has 0 aliphatic heterocycles. The number of aromatic amines is 1. The number of halogens is 3. The fourth-order valence-electron chi connectivity index (χ4n) is 3.06. The molecule has 0 spiro atoms. The molecule has 0 unspecified atom stereocenters. The van der Waals surface area contributed by atoms with Crippen LogP contribution in [0.2, 0.25) is 0 Å². The number of hydrazine groups is 2. The predicted molar refractivity (Wildman–Crippen MR) is 125 cm³/mol. The number of benzene rings is 2. The van der Waals surface area contributed by atoms with Gasteiger partial charge in [-0.05, 0) is 42.8 Å². The maximum atomic E-state index is 12.9. The van der Waals surface area contributed by atoms with E-state index < -0.39 is 17.6 Å². The lowest BCUT2D eigenvalue weighted by atomic mass is 10.1. The van der Waals surface area contributed by atoms with Crippen LogP contribution in [-0.4, -0.2) is 25.8 Å². The second-order valence-electron chi connectivity index (χ2n) is 7.26. The van der Waals surface area contributed by atoms with Crippen molar-refractivity contribution >= 4 is 34.3 Å². The van der Waals surface area contributed by atoms with Crippen molar-refractivity contribution in [2.24, 2.45) is 0 Å². The van der Waals surface area contributed by atoms with E-state index in [1.807, 2.05) is 6.92 Å². The van der Waals surface area contributed by atoms with E-state index in [-0.39, 0.29) is 5.56 Å². The number of hydrogen-bond donors (Lipinski definition) is 6. The number of anilines is 3. The largest absolute Gasteiger partial charge is 0.416 e. The van der Waals surface area contributed by atoms with E-state index in [9.17, 15) is 18.0 Å². The lowest BCUT2D eigenvalue weighted by Gasteiger charge is -2.13. The van der Waals surface area contributed by atoms with Gasteiger partial charge in [0.2, 0.25) is 0 Å². The first kappa shape index (κ1) is 23.5. The number of nitrogens with one attached hydrogen (secondary N) is 6. The van der Waals surface area contributed by atoms with Crippen LogP contribution >= 0.6 is 0 Å². The summed E-state index contributed by atoms with van der Waals surface area (Å²) >= 11 is 0. The number of nitrogens with zero attached hydrogens (tertiary/aromatic N) is 3. The summed E-state index contributed by atoms with van der Waals surface area (Å²) in [5.41, 5.74) is 10.7. The van der Waals surface area contributed by atoms with E-state index in [2.05, 4.69) is 47.0 Å². The third kappa shape index (κ3) is 5.83. The first-order chi connectivity index (χ1) is 16.8. The first-order valence-corrected chi connectivity index (χ1v) is 10.2. The summed E-state index contributed by atoms with van der Waals surface area (Å²) in [5.74, 6) is -0.0966. The zero-order valence-electron chi connectivity index (χ0n) is 18.2. The van der Waals surface area contributed by atoms with Gasteiger partial charge < -0.3 is 26.5 Å². The average Bonchev–Trinajstić information content (AvgIpc) is 3.32. The van der Waals surface area contributed by atoms with Gasteiger partial charge in [-0.15, -0.1) is 0 Å². The normalized spacial score (nSPS) is 11.5. The summed E-state index contributed by atoms with van der Waals surface area (Å²) in [7, 11) is 0. The highest BCUT2D eigenvalue weighted by atomic mass is 19.4. The molecule has 10 nitrogen and oxygen atoms in total. The number of aromatic nitrogens is 4. The summed E-state index contributed by atoms with van der Waals surface area (Å²) in [4.78, 5) is 27.6. The highest BCUT2D eigenvalue weighted by molar-refractivity contribution is 6.04. The summed E-state index contributed by atoms with van der Waals surface area (Å²) in [6.07, 6.45) is 1.58. The Labute approximate surface area is 197 Å². The van der Waals surface area contributed by atoms with Gasteiger partial charge in [0.05, 0.1) is 17.6 Å². The third-order valence-corrected chi connectivity index (χ3v) is 4.83. The maximum absolute atomic E-state index is 12.9. The molecular weight excluding hydrogens is 463 g/mol. The molecule has 1 amide bonds. The van der Waals surface area contributed by atoms with Crippen molar-refractivity contribution in [2.75, 3.05) is 16.1 Å². The molecule has 6 N–H and O–H groups in total. The molecule has 0 aliphatic rings. The van der Waals surface area contributed by atoms with E-state index in [1.165, 1.54) is 24.8 Å². The Morgan fingerprint density at radius 2 is 1.91 bits per heavy atom. The SMILES string of the molecule is Cc1ccc(NC(=O)c2cccc(C(F)(F)F)c2)cc1NNN/C=C\Nc1ncnc2nc[nH]c12. The van der Waals surface area contributed by atoms with E-state index in [0.717, 1.165) is 17.7 Å². The van der Waals surface area contributed by atoms with Gasteiger partial charge in [-0.25, -0.2) is 15.0 Å². The molecule has 180 valence electrons. The van der Waals surface area contributed by atoms with Crippen molar-refractivity contribution in [3.05, 3.63) is 84.2 Å². The molecule has 2 heterocycles. The van der Waals surface area contributed by atoms with Crippen molar-refractivity contribution in [3.63, 3.8) is 0 Å². The Bertz CT molecular complexity index is 1370. The topological polar surface area (TPSA) is 132 Å². The smallest absolute Gasteiger partial charge is 0.343 e. The fraction of sp³-hybridized carbons (Fsp3) is 0.0909. The van der Waals surface area contributed by atoms with Crippen LogP contribution in [0, 0.1) is 6.92 Å². The molecular formula is C22H20F3N9O. The number of carbonyl (C=O) groups is 1. The molecule has 0 atom stereocenters. The number of amides is 1. The summed E-state index contributed by atoms with van der Waals surface area (Å²) in [6.45, 7) is 1.85. The molecule has 35 heavy (non-hydrogen) atoms. The number of aryl methyl sites for hydroxylation is 1. The van der Waals surface area contributed by atoms with E-state index >= 15 is 0 Å². The van der Waals surface area contributed by atoms with Crippen molar-refractivity contribution in [3.8, 4) is 0 Å². The highest BCUT2D eigenvalue weighted by Gasteiger charge is 2.30. The monoisotopic (exact) mass is 483 g/mol. The van der Waals surface area contributed by atoms with Gasteiger partial charge in [0.25, 0.3) is 5.91 Å². The number of hydrogen-bond acceptors (Lipinski definition) is 8. The number of rotatable bonds is 8. The van der Waals surface area contributed by atoms with Crippen molar-refractivity contribution in [2.45, 2.75) is 13.1 Å². The van der Waals surface area contributed by atoms with Crippen LogP contribution in [0.1, 0.15) is 21.5 Å². The predicted octanol–water partition coefficient (Wildman–Crippen LogP) is 3.94. The summed E-state index contributed by atoms with van der Waals surface area (Å²) in [6, 6.07) is 9.30. The van der Waals surface area contributed by atoms with Gasteiger partial charge in [0.1, 0.15) is 11.8 Å². The molecule has 0 saturated carbocycles. The second-order valence-corrected chi connectivity index (χ2v) is 7.26. The molecule has 2 aromatic carbocycles. The average molecular weight is 483 g/mol. The van der Waals surface area contributed by atoms with Crippen LogP contribution in [0.15, 0.2) is 67.5 Å². The minimum Gasteiger partial charge on any atom is -0.343 e. The van der Waals surface area contributed by atoms with Crippen LogP contribution < -0.4 is 27.0 Å². The Morgan fingerprint density at radius 1 is 1.06 bits per heavy atom. The van der Waals surface area contributed by atoms with E-state index in [1.54, 1.807) is 30.6 Å². The summed E-state index contributed by atoms with van der Waals surface area (Å²) < 4.78 is 38.7. The molecule has 0 radical (unpaired) electrons. The van der Waals surface area contributed by atoms with E-state index in [4.69, 9.17) is 0 Å². The minimum atomic E-state index is -4.53. The van der Waals surface area contributed by atoms with Crippen LogP contribution in [0.25, 0.3) is 11.2 Å². The zero-order chi connectivity index (χ0) is 24.8. The van der Waals surface area contributed by atoms with Crippen molar-refractivity contribution in [1.29, 1.82) is 0 Å². The Balaban J connectivity index is 1.32. The van der Waals surface area contributed by atoms with Gasteiger partial charge in [-0.3, -0.25) is 4.79 Å². The van der Waals surface area contributed by atoms with Crippen LogP contribution in [-0.2, 0) is 6.18 Å². The Hall–Kier alpha value is -4.65. The molecule has 2 aromatic heterocycles. The summed E-state index contributed by atoms with van der Waals surface area (Å²) in [5, 5.41) is 5.60. The number of imidazole rings is 1. The second kappa shape index (κ2) is 10.1. The van der Waals surface area contributed by atoms with Gasteiger partial charge in [0.15, 0.2) is 11.5 Å². The Kier molecular flexibility index (Phi) is 6.78. The fourth-order valence-corrected chi connectivity index (χ4v) is 3.06. The molecule has 0 fully saturated rings. The number of carbonyl (C=O) groups excluding carboxylic acids is 1. The number of H-pyrrole nitrogens is 1. The van der Waals surface area contributed by atoms with E-state index in [0.29, 0.717) is 28.4 Å². The van der Waals surface area contributed by atoms with Gasteiger partial charge in [0, 0.05) is 23.7 Å². The van der Waals surface area contributed by atoms with Gasteiger partial charge in [-0.1, -0.05) is 12.1 Å². The minimum absolute atomic E-state index is 0.0940. The highest BCUT2D eigenvalue weighted by Crippen LogP contribution is 2.30. The quantitative estimate of drug-likeness (QED) is 0.164.